The van der Waals surface area contributed by atoms with Gasteiger partial charge in [-0.2, -0.15) is 5.10 Å². The summed E-state index contributed by atoms with van der Waals surface area (Å²) in [6.45, 7) is 2.18. The van der Waals surface area contributed by atoms with Crippen LogP contribution in [0, 0.1) is 19.3 Å². The maximum Gasteiger partial charge on any atom is 0.255 e. The first-order valence-corrected chi connectivity index (χ1v) is 8.15. The van der Waals surface area contributed by atoms with Crippen LogP contribution >= 0.6 is 0 Å². The van der Waals surface area contributed by atoms with Gasteiger partial charge in [-0.1, -0.05) is 35.7 Å². The molecule has 0 saturated heterocycles. The number of rotatable bonds is 5. The molecule has 1 N–H and O–H groups in total. The van der Waals surface area contributed by atoms with Gasteiger partial charge in [0.1, 0.15) is 11.4 Å². The van der Waals surface area contributed by atoms with Crippen molar-refractivity contribution >= 4 is 5.91 Å². The van der Waals surface area contributed by atoms with E-state index in [0.717, 1.165) is 16.8 Å². The number of amides is 1. The Bertz CT molecular complexity index is 966. The number of nitrogens with one attached hydrogen (secondary N) is 1. The number of hydrogen-bond acceptors (Lipinski definition) is 3. The zero-order valence-electron chi connectivity index (χ0n) is 14.7. The van der Waals surface area contributed by atoms with E-state index in [2.05, 4.69) is 16.3 Å². The molecule has 3 rings (SSSR count). The predicted octanol–water partition coefficient (Wildman–Crippen LogP) is 3.22. The molecule has 0 aliphatic heterocycles. The molecule has 0 radical (unpaired) electrons. The van der Waals surface area contributed by atoms with Gasteiger partial charge in [0.25, 0.3) is 5.91 Å². The summed E-state index contributed by atoms with van der Waals surface area (Å²) < 4.78 is 6.98. The monoisotopic (exact) mass is 345 g/mol. The minimum Gasteiger partial charge on any atom is -0.497 e. The summed E-state index contributed by atoms with van der Waals surface area (Å²) in [6, 6.07) is 15.4. The van der Waals surface area contributed by atoms with Gasteiger partial charge in [0.2, 0.25) is 0 Å². The Hall–Kier alpha value is -3.52. The number of aryl methyl sites for hydroxylation is 1. The second-order valence-corrected chi connectivity index (χ2v) is 5.79. The number of carbonyl (C=O) groups excluding carboxylic acids is 1. The van der Waals surface area contributed by atoms with Crippen molar-refractivity contribution in [2.75, 3.05) is 13.7 Å². The maximum atomic E-state index is 12.6. The van der Waals surface area contributed by atoms with Gasteiger partial charge in [-0.15, -0.1) is 6.42 Å². The van der Waals surface area contributed by atoms with Gasteiger partial charge in [0.05, 0.1) is 24.9 Å². The molecule has 3 aromatic rings. The number of aromatic nitrogens is 2. The van der Waals surface area contributed by atoms with Crippen molar-refractivity contribution in [3.63, 3.8) is 0 Å². The van der Waals surface area contributed by atoms with Crippen LogP contribution in [-0.4, -0.2) is 29.3 Å². The van der Waals surface area contributed by atoms with Crippen LogP contribution in [0.3, 0.4) is 0 Å². The van der Waals surface area contributed by atoms with Crippen LogP contribution in [0.15, 0.2) is 54.7 Å². The van der Waals surface area contributed by atoms with Gasteiger partial charge >= 0.3 is 0 Å². The summed E-state index contributed by atoms with van der Waals surface area (Å²) >= 11 is 0. The SMILES string of the molecule is C#CCNC(=O)c1cn(-c2ccc(C)cc2)nc1-c1cccc(OC)c1. The van der Waals surface area contributed by atoms with E-state index in [-0.39, 0.29) is 12.5 Å². The third-order valence-corrected chi connectivity index (χ3v) is 3.95. The van der Waals surface area contributed by atoms with E-state index >= 15 is 0 Å². The lowest BCUT2D eigenvalue weighted by molar-refractivity contribution is 0.0959. The lowest BCUT2D eigenvalue weighted by Crippen LogP contribution is -2.23. The molecule has 5 heteroatoms. The topological polar surface area (TPSA) is 56.2 Å². The molecule has 5 nitrogen and oxygen atoms in total. The van der Waals surface area contributed by atoms with Gasteiger partial charge in [-0.3, -0.25) is 4.79 Å². The molecule has 0 fully saturated rings. The molecule has 0 aliphatic carbocycles. The molecule has 0 aliphatic rings. The van der Waals surface area contributed by atoms with Crippen molar-refractivity contribution in [1.29, 1.82) is 0 Å². The van der Waals surface area contributed by atoms with Gasteiger partial charge in [-0.05, 0) is 31.2 Å². The highest BCUT2D eigenvalue weighted by molar-refractivity contribution is 6.00. The highest BCUT2D eigenvalue weighted by Gasteiger charge is 2.18. The van der Waals surface area contributed by atoms with Crippen molar-refractivity contribution in [3.8, 4) is 35.0 Å². The summed E-state index contributed by atoms with van der Waals surface area (Å²) in [5.74, 6) is 2.84. The fraction of sp³-hybridized carbons (Fsp3) is 0.143. The van der Waals surface area contributed by atoms with Gasteiger partial charge in [0, 0.05) is 11.8 Å². The van der Waals surface area contributed by atoms with Crippen LogP contribution in [0.5, 0.6) is 5.75 Å². The van der Waals surface area contributed by atoms with Crippen LogP contribution in [-0.2, 0) is 0 Å². The van der Waals surface area contributed by atoms with Crippen molar-refractivity contribution < 1.29 is 9.53 Å². The number of ether oxygens (including phenoxy) is 1. The Morgan fingerprint density at radius 2 is 2.04 bits per heavy atom. The molecular formula is C21H19N3O2. The Morgan fingerprint density at radius 1 is 1.27 bits per heavy atom. The molecule has 0 saturated carbocycles. The Labute approximate surface area is 152 Å². The normalized spacial score (nSPS) is 10.2. The maximum absolute atomic E-state index is 12.6. The number of carbonyl (C=O) groups is 1. The minimum absolute atomic E-state index is 0.159. The third kappa shape index (κ3) is 3.60. The van der Waals surface area contributed by atoms with Gasteiger partial charge in [-0.25, -0.2) is 4.68 Å². The second kappa shape index (κ2) is 7.58. The van der Waals surface area contributed by atoms with Crippen LogP contribution in [0.25, 0.3) is 16.9 Å². The summed E-state index contributed by atoms with van der Waals surface area (Å²) in [7, 11) is 1.60. The molecular weight excluding hydrogens is 326 g/mol. The zero-order chi connectivity index (χ0) is 18.5. The van der Waals surface area contributed by atoms with Crippen LogP contribution in [0.2, 0.25) is 0 Å². The van der Waals surface area contributed by atoms with Crippen molar-refractivity contribution in [1.82, 2.24) is 15.1 Å². The molecule has 0 unspecified atom stereocenters. The van der Waals surface area contributed by atoms with E-state index in [1.807, 2.05) is 55.5 Å². The first-order chi connectivity index (χ1) is 12.6. The van der Waals surface area contributed by atoms with E-state index in [0.29, 0.717) is 17.0 Å². The van der Waals surface area contributed by atoms with E-state index in [4.69, 9.17) is 11.2 Å². The number of hydrogen-bond donors (Lipinski definition) is 1. The fourth-order valence-electron chi connectivity index (χ4n) is 2.58. The quantitative estimate of drug-likeness (QED) is 0.723. The molecule has 0 atom stereocenters. The number of terminal acetylenes is 1. The molecule has 26 heavy (non-hydrogen) atoms. The van der Waals surface area contributed by atoms with E-state index in [9.17, 15) is 4.79 Å². The first-order valence-electron chi connectivity index (χ1n) is 8.15. The van der Waals surface area contributed by atoms with E-state index in [1.165, 1.54) is 0 Å². The number of methoxy groups -OCH3 is 1. The Morgan fingerprint density at radius 3 is 2.73 bits per heavy atom. The molecule has 0 spiro atoms. The highest BCUT2D eigenvalue weighted by atomic mass is 16.5. The van der Waals surface area contributed by atoms with Crippen LogP contribution in [0.1, 0.15) is 15.9 Å². The largest absolute Gasteiger partial charge is 0.497 e. The van der Waals surface area contributed by atoms with Gasteiger partial charge in [0.15, 0.2) is 0 Å². The summed E-state index contributed by atoms with van der Waals surface area (Å²) in [5, 5.41) is 7.34. The zero-order valence-corrected chi connectivity index (χ0v) is 14.7. The van der Waals surface area contributed by atoms with Crippen LogP contribution in [0.4, 0.5) is 0 Å². The van der Waals surface area contributed by atoms with Gasteiger partial charge < -0.3 is 10.1 Å². The number of benzene rings is 2. The average molecular weight is 345 g/mol. The van der Waals surface area contributed by atoms with Crippen molar-refractivity contribution in [3.05, 3.63) is 65.9 Å². The fourth-order valence-corrected chi connectivity index (χ4v) is 2.58. The van der Waals surface area contributed by atoms with Crippen molar-refractivity contribution in [2.45, 2.75) is 6.92 Å². The minimum atomic E-state index is -0.265. The summed E-state index contributed by atoms with van der Waals surface area (Å²) in [5.41, 5.74) is 3.84. The second-order valence-electron chi connectivity index (χ2n) is 5.79. The summed E-state index contributed by atoms with van der Waals surface area (Å²) in [6.07, 6.45) is 6.96. The van der Waals surface area contributed by atoms with E-state index in [1.54, 1.807) is 18.0 Å². The average Bonchev–Trinajstić information content (AvgIpc) is 3.12. The first kappa shape index (κ1) is 17.3. The number of nitrogens with zero attached hydrogens (tertiary/aromatic N) is 2. The van der Waals surface area contributed by atoms with Crippen molar-refractivity contribution in [2.24, 2.45) is 0 Å². The molecule has 2 aromatic carbocycles. The van der Waals surface area contributed by atoms with Crippen LogP contribution < -0.4 is 10.1 Å². The molecule has 1 aromatic heterocycles. The molecule has 1 heterocycles. The Kier molecular flexibility index (Phi) is 5.04. The predicted molar refractivity (Wildman–Crippen MR) is 101 cm³/mol. The smallest absolute Gasteiger partial charge is 0.255 e. The molecule has 130 valence electrons. The summed E-state index contributed by atoms with van der Waals surface area (Å²) in [4.78, 5) is 12.6. The third-order valence-electron chi connectivity index (χ3n) is 3.95. The molecule has 0 bridgehead atoms. The Balaban J connectivity index is 2.09. The lowest BCUT2D eigenvalue weighted by Gasteiger charge is -2.05. The van der Waals surface area contributed by atoms with E-state index < -0.39 is 0 Å². The highest BCUT2D eigenvalue weighted by Crippen LogP contribution is 2.27. The molecule has 1 amide bonds. The standard InChI is InChI=1S/C21H19N3O2/c1-4-12-22-21(25)19-14-24(17-10-8-15(2)9-11-17)23-20(19)16-6-5-7-18(13-16)26-3/h1,5-11,13-14H,12H2,2-3H3,(H,22,25). The lowest BCUT2D eigenvalue weighted by atomic mass is 10.1.